The first kappa shape index (κ1) is 51.4. The summed E-state index contributed by atoms with van der Waals surface area (Å²) >= 11 is 0. The van der Waals surface area contributed by atoms with E-state index in [2.05, 4.69) is 289 Å². The fourth-order valence-electron chi connectivity index (χ4n) is 11.1. The first-order chi connectivity index (χ1) is 35.2. The Hall–Kier alpha value is -7.11. The molecule has 0 bridgehead atoms. The van der Waals surface area contributed by atoms with Crippen LogP contribution in [-0.2, 0) is 32.5 Å². The van der Waals surface area contributed by atoms with Gasteiger partial charge in [-0.25, -0.2) is 4.98 Å². The van der Waals surface area contributed by atoms with E-state index in [0.717, 1.165) is 39.4 Å². The summed E-state index contributed by atoms with van der Waals surface area (Å²) in [5.74, 6) is 2.44. The van der Waals surface area contributed by atoms with Gasteiger partial charge in [0.1, 0.15) is 24.0 Å². The van der Waals surface area contributed by atoms with Gasteiger partial charge in [-0.1, -0.05) is 196 Å². The van der Waals surface area contributed by atoms with E-state index in [-0.39, 0.29) is 32.5 Å². The number of pyridine rings is 1. The summed E-state index contributed by atoms with van der Waals surface area (Å²) in [6.07, 6.45) is 1.95. The summed E-state index contributed by atoms with van der Waals surface area (Å²) in [5.41, 5.74) is 16.3. The molecule has 0 N–H and O–H groups in total. The zero-order valence-electron chi connectivity index (χ0n) is 47.6. The van der Waals surface area contributed by atoms with Gasteiger partial charge in [0.25, 0.3) is 0 Å². The monoisotopic (exact) mass is 991 g/mol. The Balaban J connectivity index is 1.12. The molecular weight excluding hydrogens is 913 g/mol. The second kappa shape index (κ2) is 18.3. The van der Waals surface area contributed by atoms with Crippen molar-refractivity contribution >= 4 is 44.6 Å². The first-order valence-electron chi connectivity index (χ1n) is 27.0. The molecule has 9 aromatic rings. The highest BCUT2D eigenvalue weighted by atomic mass is 16.5. The highest BCUT2D eigenvalue weighted by molar-refractivity contribution is 6.09. The third-order valence-corrected chi connectivity index (χ3v) is 16.0. The Morgan fingerprint density at radius 2 is 0.867 bits per heavy atom. The van der Waals surface area contributed by atoms with Crippen molar-refractivity contribution in [2.75, 3.05) is 16.5 Å². The number of hydrogen-bond donors (Lipinski definition) is 0. The Labute approximate surface area is 448 Å². The summed E-state index contributed by atoms with van der Waals surface area (Å²) in [4.78, 5) is 10.1. The normalized spacial score (nSPS) is 13.8. The quantitative estimate of drug-likeness (QED) is 0.144. The number of aromatic nitrogens is 2. The number of rotatable bonds is 9. The van der Waals surface area contributed by atoms with Crippen LogP contribution < -0.4 is 14.5 Å². The van der Waals surface area contributed by atoms with Crippen LogP contribution in [-0.4, -0.2) is 16.2 Å². The number of para-hydroxylation sites is 1. The largest absolute Gasteiger partial charge is 0.457 e. The van der Waals surface area contributed by atoms with Gasteiger partial charge in [-0.05, 0) is 133 Å². The van der Waals surface area contributed by atoms with Crippen molar-refractivity contribution < 1.29 is 4.74 Å². The molecule has 0 saturated heterocycles. The molecule has 2 aromatic heterocycles. The molecule has 0 amide bonds. The van der Waals surface area contributed by atoms with Crippen LogP contribution in [0.5, 0.6) is 11.5 Å². The molecule has 0 unspecified atom stereocenters. The lowest BCUT2D eigenvalue weighted by Gasteiger charge is -2.33. The second-order valence-electron chi connectivity index (χ2n) is 26.4. The van der Waals surface area contributed by atoms with Gasteiger partial charge in [-0.2, -0.15) is 0 Å². The zero-order chi connectivity index (χ0) is 53.6. The zero-order valence-corrected chi connectivity index (χ0v) is 47.6. The van der Waals surface area contributed by atoms with Crippen LogP contribution in [0.1, 0.15) is 155 Å². The van der Waals surface area contributed by atoms with E-state index in [4.69, 9.17) is 9.72 Å². The SMILES string of the molecule is CC(C)(C)c1cc(Oc2ccc3c4ccccc4n(-c4cc(C(C)(C)c5ccccc5)ccn4)c3c2)cc(N2CN(c3cc(C(C)(C)C)cc(C(C)(C)c4ccccc4)c3)c3cc(C(C)(C)C)c(C(C)(C)C)cc32)c1. The van der Waals surface area contributed by atoms with E-state index in [1.54, 1.807) is 0 Å². The van der Waals surface area contributed by atoms with Crippen molar-refractivity contribution in [3.8, 4) is 17.3 Å². The molecule has 0 saturated carbocycles. The smallest absolute Gasteiger partial charge is 0.137 e. The lowest BCUT2D eigenvalue weighted by atomic mass is 9.74. The molecule has 3 heterocycles. The van der Waals surface area contributed by atoms with Gasteiger partial charge in [0.2, 0.25) is 0 Å². The number of nitrogens with zero attached hydrogens (tertiary/aromatic N) is 4. The molecular formula is C70H78N4O. The van der Waals surface area contributed by atoms with E-state index in [1.807, 2.05) is 6.20 Å². The minimum atomic E-state index is -0.226. The summed E-state index contributed by atoms with van der Waals surface area (Å²) in [7, 11) is 0. The number of fused-ring (bicyclic) bond motifs is 4. The maximum atomic E-state index is 7.16. The Morgan fingerprint density at radius 3 is 1.43 bits per heavy atom. The second-order valence-corrected chi connectivity index (χ2v) is 26.4. The molecule has 5 nitrogen and oxygen atoms in total. The number of hydrogen-bond acceptors (Lipinski definition) is 4. The molecule has 1 aliphatic heterocycles. The van der Waals surface area contributed by atoms with Crippen LogP contribution in [0.4, 0.5) is 22.7 Å². The summed E-state index contributed by atoms with van der Waals surface area (Å²) in [6, 6.07) is 60.5. The molecule has 1 aliphatic rings. The van der Waals surface area contributed by atoms with Gasteiger partial charge in [0.05, 0.1) is 22.4 Å². The van der Waals surface area contributed by atoms with Crippen LogP contribution in [0.3, 0.4) is 0 Å². The minimum Gasteiger partial charge on any atom is -0.457 e. The van der Waals surface area contributed by atoms with E-state index < -0.39 is 0 Å². The average Bonchev–Trinajstić information content (AvgIpc) is 3.91. The Bertz CT molecular complexity index is 3590. The van der Waals surface area contributed by atoms with Crippen LogP contribution in [0.2, 0.25) is 0 Å². The number of ether oxygens (including phenoxy) is 1. The lowest BCUT2D eigenvalue weighted by molar-refractivity contribution is 0.479. The molecule has 5 heteroatoms. The van der Waals surface area contributed by atoms with Gasteiger partial charge in [0, 0.05) is 51.3 Å². The molecule has 0 radical (unpaired) electrons. The summed E-state index contributed by atoms with van der Waals surface area (Å²) < 4.78 is 9.46. The fourth-order valence-corrected chi connectivity index (χ4v) is 11.1. The molecule has 10 rings (SSSR count). The van der Waals surface area contributed by atoms with Crippen LogP contribution >= 0.6 is 0 Å². The fraction of sp³-hybridized carbons (Fsp3) is 0.329. The molecule has 0 spiro atoms. The van der Waals surface area contributed by atoms with Crippen molar-refractivity contribution in [1.82, 2.24) is 9.55 Å². The highest BCUT2D eigenvalue weighted by Gasteiger charge is 2.37. The van der Waals surface area contributed by atoms with Crippen molar-refractivity contribution in [3.63, 3.8) is 0 Å². The highest BCUT2D eigenvalue weighted by Crippen LogP contribution is 2.52. The van der Waals surface area contributed by atoms with Crippen LogP contribution in [0, 0.1) is 0 Å². The van der Waals surface area contributed by atoms with E-state index >= 15 is 0 Å². The molecule has 384 valence electrons. The topological polar surface area (TPSA) is 33.5 Å². The lowest BCUT2D eigenvalue weighted by Crippen LogP contribution is -2.26. The predicted molar refractivity (Wildman–Crippen MR) is 319 cm³/mol. The van der Waals surface area contributed by atoms with Crippen LogP contribution in [0.25, 0.3) is 27.6 Å². The molecule has 7 aromatic carbocycles. The Kier molecular flexibility index (Phi) is 12.6. The average molecular weight is 991 g/mol. The summed E-state index contributed by atoms with van der Waals surface area (Å²) in [5, 5.41) is 2.33. The molecule has 0 fully saturated rings. The van der Waals surface area contributed by atoms with Gasteiger partial charge in [0.15, 0.2) is 0 Å². The summed E-state index contributed by atoms with van der Waals surface area (Å²) in [6.45, 7) is 38.0. The van der Waals surface area contributed by atoms with Crippen molar-refractivity contribution in [3.05, 3.63) is 214 Å². The number of anilines is 4. The van der Waals surface area contributed by atoms with E-state index in [0.29, 0.717) is 6.67 Å². The molecule has 0 aliphatic carbocycles. The van der Waals surface area contributed by atoms with E-state index in [1.165, 1.54) is 67.0 Å². The van der Waals surface area contributed by atoms with Gasteiger partial charge in [-0.15, -0.1) is 0 Å². The third-order valence-electron chi connectivity index (χ3n) is 16.0. The maximum Gasteiger partial charge on any atom is 0.137 e. The van der Waals surface area contributed by atoms with Gasteiger partial charge in [-0.3, -0.25) is 4.57 Å². The van der Waals surface area contributed by atoms with Gasteiger partial charge >= 0.3 is 0 Å². The van der Waals surface area contributed by atoms with Crippen LogP contribution in [0.15, 0.2) is 170 Å². The molecule has 0 atom stereocenters. The number of benzene rings is 7. The maximum absolute atomic E-state index is 7.16. The predicted octanol–water partition coefficient (Wildman–Crippen LogP) is 19.1. The first-order valence-corrected chi connectivity index (χ1v) is 27.0. The molecule has 75 heavy (non-hydrogen) atoms. The van der Waals surface area contributed by atoms with Crippen molar-refractivity contribution in [2.45, 2.75) is 143 Å². The van der Waals surface area contributed by atoms with E-state index in [9.17, 15) is 0 Å². The minimum absolute atomic E-state index is 0.0725. The third kappa shape index (κ3) is 9.64. The van der Waals surface area contributed by atoms with Crippen molar-refractivity contribution in [2.24, 2.45) is 0 Å². The standard InChI is InChI=1S/C70H78N4O/c1-65(2,3)49-35-51(70(15,16)47-27-21-18-22-28-47)38-52(36-49)72-45-73(63-44-59(68(10,11)12)58(43-62(63)72)67(7,8)9)53-37-50(66(4,5)6)39-55(41-53)75-54-31-32-57-56-29-23-24-30-60(56)74(61(57)42-54)64-40-48(33-34-71-64)69(13,14)46-25-19-17-20-26-46/h17-44H,45H2,1-16H3. The Morgan fingerprint density at radius 1 is 0.373 bits per heavy atom. The van der Waals surface area contributed by atoms with Gasteiger partial charge < -0.3 is 14.5 Å². The van der Waals surface area contributed by atoms with Crippen molar-refractivity contribution in [1.29, 1.82) is 0 Å².